The molecule has 14 heteroatoms. The highest BCUT2D eigenvalue weighted by Crippen LogP contribution is 2.60. The van der Waals surface area contributed by atoms with E-state index < -0.39 is 72.2 Å². The summed E-state index contributed by atoms with van der Waals surface area (Å²) in [5.74, 6) is -5.28. The van der Waals surface area contributed by atoms with E-state index in [0.717, 1.165) is 19.3 Å². The van der Waals surface area contributed by atoms with Crippen LogP contribution in [-0.4, -0.2) is 76.0 Å². The third-order valence-corrected chi connectivity index (χ3v) is 9.52. The van der Waals surface area contributed by atoms with E-state index in [2.05, 4.69) is 17.6 Å². The Morgan fingerprint density at radius 2 is 1.66 bits per heavy atom. The SMILES string of the molecule is CC(C)CC(NC(=O)CCC(=O)OC1OC2OC3(C)CCC4C(C)CCC(C1C)C24OO3)C(=O)NC(CCC(=O)O)C(=O)O. The van der Waals surface area contributed by atoms with E-state index in [1.54, 1.807) is 0 Å². The standard InChI is InChI=1S/C30H46N2O12/c1-15(2)14-21(25(37)32-20(26(38)39)8-10-23(34)35)31-22(33)9-11-24(36)40-27-17(4)19-7-6-16(3)18-12-13-29(5)42-28(41-27)30(18,19)44-43-29/h15-21,27-28H,6-14H2,1-5H3,(H,31,33)(H,32,37)(H,34,35)(H,38,39). The molecule has 1 aliphatic carbocycles. The van der Waals surface area contributed by atoms with E-state index in [4.69, 9.17) is 29.1 Å². The molecule has 0 aromatic heterocycles. The lowest BCUT2D eigenvalue weighted by atomic mass is 9.58. The minimum Gasteiger partial charge on any atom is -0.481 e. The Bertz CT molecular complexity index is 1120. The topological polar surface area (TPSA) is 196 Å². The highest BCUT2D eigenvalue weighted by Gasteiger charge is 2.69. The van der Waals surface area contributed by atoms with Gasteiger partial charge < -0.3 is 35.1 Å². The third-order valence-electron chi connectivity index (χ3n) is 9.52. The molecule has 44 heavy (non-hydrogen) atoms. The number of ether oxygens (including phenoxy) is 3. The summed E-state index contributed by atoms with van der Waals surface area (Å²) in [5.41, 5.74) is -0.796. The summed E-state index contributed by atoms with van der Waals surface area (Å²) in [5, 5.41) is 23.1. The smallest absolute Gasteiger partial charge is 0.326 e. The average Bonchev–Trinajstić information content (AvgIpc) is 3.17. The summed E-state index contributed by atoms with van der Waals surface area (Å²) in [7, 11) is 0. The van der Waals surface area contributed by atoms with Crippen molar-refractivity contribution < 1.29 is 58.2 Å². The quantitative estimate of drug-likeness (QED) is 0.172. The summed E-state index contributed by atoms with van der Waals surface area (Å²) in [6.45, 7) is 9.62. The van der Waals surface area contributed by atoms with Crippen LogP contribution in [0.4, 0.5) is 0 Å². The van der Waals surface area contributed by atoms with Gasteiger partial charge >= 0.3 is 17.9 Å². The van der Waals surface area contributed by atoms with Crippen LogP contribution < -0.4 is 10.6 Å². The van der Waals surface area contributed by atoms with Crippen molar-refractivity contribution in [2.75, 3.05) is 0 Å². The van der Waals surface area contributed by atoms with Gasteiger partial charge in [0.2, 0.25) is 23.9 Å². The molecular weight excluding hydrogens is 580 g/mol. The Labute approximate surface area is 256 Å². The van der Waals surface area contributed by atoms with Gasteiger partial charge in [0.05, 0.1) is 6.42 Å². The van der Waals surface area contributed by atoms with Gasteiger partial charge in [0.15, 0.2) is 11.9 Å². The van der Waals surface area contributed by atoms with Crippen molar-refractivity contribution in [3.05, 3.63) is 0 Å². The molecule has 5 aliphatic rings. The van der Waals surface area contributed by atoms with Crippen molar-refractivity contribution in [1.82, 2.24) is 10.6 Å². The maximum absolute atomic E-state index is 12.9. The molecule has 1 spiro atoms. The largest absolute Gasteiger partial charge is 0.481 e. The van der Waals surface area contributed by atoms with E-state index >= 15 is 0 Å². The van der Waals surface area contributed by atoms with Crippen LogP contribution in [0.2, 0.25) is 0 Å². The molecule has 2 amide bonds. The number of carbonyl (C=O) groups is 5. The van der Waals surface area contributed by atoms with Gasteiger partial charge in [-0.3, -0.25) is 19.2 Å². The highest BCUT2D eigenvalue weighted by molar-refractivity contribution is 5.91. The summed E-state index contributed by atoms with van der Waals surface area (Å²) in [6, 6.07) is -2.50. The number of hydrogen-bond acceptors (Lipinski definition) is 10. The number of hydrogen-bond donors (Lipinski definition) is 4. The second kappa shape index (κ2) is 13.7. The molecule has 0 radical (unpaired) electrons. The number of carboxylic acid groups (broad SMARTS) is 2. The minimum atomic E-state index is -1.42. The maximum atomic E-state index is 12.9. The van der Waals surface area contributed by atoms with Crippen LogP contribution in [0.3, 0.4) is 0 Å². The first-order valence-electron chi connectivity index (χ1n) is 15.6. The number of nitrogens with one attached hydrogen (secondary N) is 2. The summed E-state index contributed by atoms with van der Waals surface area (Å²) >= 11 is 0. The molecule has 10 unspecified atom stereocenters. The number of fused-ring (bicyclic) bond motifs is 2. The minimum absolute atomic E-state index is 0.0352. The van der Waals surface area contributed by atoms with E-state index in [1.807, 2.05) is 27.7 Å². The average molecular weight is 627 g/mol. The molecule has 14 nitrogen and oxygen atoms in total. The van der Waals surface area contributed by atoms with Crippen LogP contribution in [0, 0.1) is 29.6 Å². The molecular formula is C30H46N2O12. The second-order valence-corrected chi connectivity index (χ2v) is 13.3. The fourth-order valence-corrected chi connectivity index (χ4v) is 7.18. The lowest BCUT2D eigenvalue weighted by Gasteiger charge is -2.59. The van der Waals surface area contributed by atoms with Gasteiger partial charge in [-0.2, -0.15) is 0 Å². The van der Waals surface area contributed by atoms with Gasteiger partial charge in [0.25, 0.3) is 0 Å². The van der Waals surface area contributed by atoms with Gasteiger partial charge in [0.1, 0.15) is 12.1 Å². The number of carboxylic acids is 2. The van der Waals surface area contributed by atoms with Gasteiger partial charge in [-0.15, -0.1) is 0 Å². The summed E-state index contributed by atoms with van der Waals surface area (Å²) in [4.78, 5) is 72.8. The first-order chi connectivity index (χ1) is 20.6. The monoisotopic (exact) mass is 626 g/mol. The van der Waals surface area contributed by atoms with Crippen LogP contribution >= 0.6 is 0 Å². The molecule has 5 fully saturated rings. The number of rotatable bonds is 13. The van der Waals surface area contributed by atoms with Gasteiger partial charge in [0, 0.05) is 31.1 Å². The van der Waals surface area contributed by atoms with Crippen LogP contribution in [0.25, 0.3) is 0 Å². The second-order valence-electron chi connectivity index (χ2n) is 13.3. The Morgan fingerprint density at radius 1 is 0.932 bits per heavy atom. The predicted octanol–water partition coefficient (Wildman–Crippen LogP) is 2.48. The van der Waals surface area contributed by atoms with E-state index in [1.165, 1.54) is 0 Å². The van der Waals surface area contributed by atoms with Crippen molar-refractivity contribution in [2.24, 2.45) is 29.6 Å². The Hall–Kier alpha value is -2.81. The molecule has 248 valence electrons. The van der Waals surface area contributed by atoms with Crippen molar-refractivity contribution in [3.63, 3.8) is 0 Å². The zero-order valence-corrected chi connectivity index (χ0v) is 26.0. The summed E-state index contributed by atoms with van der Waals surface area (Å²) < 4.78 is 18.3. The lowest BCUT2D eigenvalue weighted by molar-refractivity contribution is -0.576. The van der Waals surface area contributed by atoms with Crippen molar-refractivity contribution in [1.29, 1.82) is 0 Å². The van der Waals surface area contributed by atoms with E-state index in [0.29, 0.717) is 12.3 Å². The third kappa shape index (κ3) is 7.35. The number of carbonyl (C=O) groups excluding carboxylic acids is 3. The van der Waals surface area contributed by atoms with Gasteiger partial charge in [-0.25, -0.2) is 14.6 Å². The molecule has 2 bridgehead atoms. The Kier molecular flexibility index (Phi) is 10.6. The molecule has 4 heterocycles. The first-order valence-corrected chi connectivity index (χ1v) is 15.6. The predicted molar refractivity (Wildman–Crippen MR) is 150 cm³/mol. The fourth-order valence-electron chi connectivity index (χ4n) is 7.18. The van der Waals surface area contributed by atoms with Crippen molar-refractivity contribution >= 4 is 29.7 Å². The molecule has 0 aromatic rings. The molecule has 1 saturated carbocycles. The number of amides is 2. The Balaban J connectivity index is 1.34. The fraction of sp³-hybridized carbons (Fsp3) is 0.833. The van der Waals surface area contributed by atoms with Crippen LogP contribution in [-0.2, 0) is 48.0 Å². The highest BCUT2D eigenvalue weighted by atomic mass is 17.3. The number of aliphatic carboxylic acids is 2. The molecule has 10 atom stereocenters. The van der Waals surface area contributed by atoms with Crippen LogP contribution in [0.1, 0.15) is 92.4 Å². The van der Waals surface area contributed by atoms with Crippen molar-refractivity contribution in [2.45, 2.75) is 128 Å². The van der Waals surface area contributed by atoms with Crippen LogP contribution in [0.15, 0.2) is 0 Å². The molecule has 4 saturated heterocycles. The molecule has 0 aromatic carbocycles. The molecule has 4 aliphatic heterocycles. The van der Waals surface area contributed by atoms with E-state index in [9.17, 15) is 29.1 Å². The summed E-state index contributed by atoms with van der Waals surface area (Å²) in [6.07, 6.45) is 0.558. The first kappa shape index (κ1) is 34.1. The van der Waals surface area contributed by atoms with Gasteiger partial charge in [-0.05, 0) is 56.8 Å². The maximum Gasteiger partial charge on any atom is 0.326 e. The van der Waals surface area contributed by atoms with E-state index in [-0.39, 0.29) is 49.4 Å². The lowest BCUT2D eigenvalue weighted by Crippen LogP contribution is -2.70. The Morgan fingerprint density at radius 3 is 2.32 bits per heavy atom. The normalized spacial score (nSPS) is 35.5. The zero-order valence-electron chi connectivity index (χ0n) is 26.0. The van der Waals surface area contributed by atoms with Crippen molar-refractivity contribution in [3.8, 4) is 0 Å². The van der Waals surface area contributed by atoms with Crippen LogP contribution in [0.5, 0.6) is 0 Å². The number of esters is 1. The zero-order chi connectivity index (χ0) is 32.4. The molecule has 4 N–H and O–H groups in total. The molecule has 5 rings (SSSR count). The van der Waals surface area contributed by atoms with Gasteiger partial charge in [-0.1, -0.05) is 27.7 Å².